The van der Waals surface area contributed by atoms with Crippen molar-refractivity contribution in [3.05, 3.63) is 60.2 Å². The Morgan fingerprint density at radius 1 is 1.00 bits per heavy atom. The summed E-state index contributed by atoms with van der Waals surface area (Å²) < 4.78 is 10.5. The average Bonchev–Trinajstić information content (AvgIpc) is 2.82. The Bertz CT molecular complexity index is 832. The van der Waals surface area contributed by atoms with E-state index in [9.17, 15) is 9.59 Å². The minimum atomic E-state index is -0.836. The monoisotopic (exact) mass is 424 g/mol. The highest BCUT2D eigenvalue weighted by Gasteiger charge is 2.33. The molecule has 0 aliphatic heterocycles. The average molecular weight is 425 g/mol. The van der Waals surface area contributed by atoms with E-state index in [4.69, 9.17) is 9.47 Å². The number of ether oxygens (including phenoxy) is 2. The summed E-state index contributed by atoms with van der Waals surface area (Å²) in [5, 5.41) is 6.37. The highest BCUT2D eigenvalue weighted by Crippen LogP contribution is 2.29. The summed E-state index contributed by atoms with van der Waals surface area (Å²) in [6.45, 7) is 2.02. The molecule has 0 spiro atoms. The molecular weight excluding hydrogens is 392 g/mol. The van der Waals surface area contributed by atoms with Gasteiger partial charge in [0.15, 0.2) is 6.04 Å². The summed E-state index contributed by atoms with van der Waals surface area (Å²) in [4.78, 5) is 26.1. The van der Waals surface area contributed by atoms with Crippen LogP contribution in [0.2, 0.25) is 0 Å². The van der Waals surface area contributed by atoms with Crippen molar-refractivity contribution in [1.82, 2.24) is 5.32 Å². The Kier molecular flexibility index (Phi) is 8.33. The van der Waals surface area contributed by atoms with E-state index in [2.05, 4.69) is 10.6 Å². The fourth-order valence-corrected chi connectivity index (χ4v) is 4.11. The third-order valence-corrected chi connectivity index (χ3v) is 5.76. The maximum atomic E-state index is 13.5. The van der Waals surface area contributed by atoms with Crippen molar-refractivity contribution in [2.45, 2.75) is 51.1 Å². The Morgan fingerprint density at radius 2 is 1.68 bits per heavy atom. The molecule has 0 heterocycles. The Labute approximate surface area is 184 Å². The molecule has 166 valence electrons. The molecule has 1 aliphatic rings. The lowest BCUT2D eigenvalue weighted by molar-refractivity contribution is -0.147. The van der Waals surface area contributed by atoms with E-state index in [1.165, 1.54) is 6.42 Å². The van der Waals surface area contributed by atoms with Crippen LogP contribution >= 0.6 is 0 Å². The Balaban J connectivity index is 1.81. The highest BCUT2D eigenvalue weighted by molar-refractivity contribution is 5.90. The van der Waals surface area contributed by atoms with E-state index in [1.807, 2.05) is 54.6 Å². The van der Waals surface area contributed by atoms with E-state index in [0.29, 0.717) is 5.56 Å². The van der Waals surface area contributed by atoms with Crippen LogP contribution < -0.4 is 15.4 Å². The van der Waals surface area contributed by atoms with Gasteiger partial charge in [0, 0.05) is 5.69 Å². The fourth-order valence-electron chi connectivity index (χ4n) is 4.11. The Hall–Kier alpha value is -3.02. The van der Waals surface area contributed by atoms with Crippen molar-refractivity contribution in [2.75, 3.05) is 19.0 Å². The molecular formula is C25H32N2O4. The second-order valence-corrected chi connectivity index (χ2v) is 7.85. The van der Waals surface area contributed by atoms with Gasteiger partial charge in [-0.3, -0.25) is 4.79 Å². The van der Waals surface area contributed by atoms with Gasteiger partial charge in [-0.25, -0.2) is 4.79 Å². The highest BCUT2D eigenvalue weighted by atomic mass is 16.5. The zero-order chi connectivity index (χ0) is 22.1. The van der Waals surface area contributed by atoms with Gasteiger partial charge in [-0.1, -0.05) is 49.6 Å². The second-order valence-electron chi connectivity index (χ2n) is 7.85. The van der Waals surface area contributed by atoms with Crippen LogP contribution in [-0.4, -0.2) is 31.6 Å². The maximum absolute atomic E-state index is 13.5. The number of hydrogen-bond donors (Lipinski definition) is 2. The van der Waals surface area contributed by atoms with Gasteiger partial charge >= 0.3 is 5.97 Å². The van der Waals surface area contributed by atoms with Crippen LogP contribution in [0.15, 0.2) is 54.6 Å². The molecule has 0 radical (unpaired) electrons. The number of anilines is 1. The van der Waals surface area contributed by atoms with Gasteiger partial charge in [-0.15, -0.1) is 0 Å². The van der Waals surface area contributed by atoms with Gasteiger partial charge in [-0.2, -0.15) is 0 Å². The lowest BCUT2D eigenvalue weighted by Gasteiger charge is -2.32. The molecule has 2 atom stereocenters. The minimum absolute atomic E-state index is 0.190. The number of carbonyl (C=O) groups excluding carboxylic acids is 2. The Morgan fingerprint density at radius 3 is 2.29 bits per heavy atom. The van der Waals surface area contributed by atoms with Gasteiger partial charge in [0.2, 0.25) is 5.91 Å². The number of benzene rings is 2. The molecule has 1 amide bonds. The summed E-state index contributed by atoms with van der Waals surface area (Å²) in [5.41, 5.74) is 1.56. The SMILES string of the molecule is CCOC(=O)[C@@H](NC(=O)C(Nc1ccc(OC)cc1)C1CCCCC1)c1ccccc1. The molecule has 0 saturated heterocycles. The number of esters is 1. The number of nitrogens with one attached hydrogen (secondary N) is 2. The van der Waals surface area contributed by atoms with Crippen molar-refractivity contribution < 1.29 is 19.1 Å². The number of methoxy groups -OCH3 is 1. The van der Waals surface area contributed by atoms with Crippen LogP contribution in [-0.2, 0) is 14.3 Å². The zero-order valence-corrected chi connectivity index (χ0v) is 18.3. The number of carbonyl (C=O) groups is 2. The number of amides is 1. The van der Waals surface area contributed by atoms with E-state index >= 15 is 0 Å². The van der Waals surface area contributed by atoms with Gasteiger partial charge in [-0.05, 0) is 55.5 Å². The fraction of sp³-hybridized carbons (Fsp3) is 0.440. The molecule has 0 aromatic heterocycles. The molecule has 2 aromatic carbocycles. The van der Waals surface area contributed by atoms with Crippen molar-refractivity contribution in [3.63, 3.8) is 0 Å². The summed E-state index contributed by atoms with van der Waals surface area (Å²) >= 11 is 0. The van der Waals surface area contributed by atoms with Gasteiger partial charge in [0.25, 0.3) is 0 Å². The molecule has 1 saturated carbocycles. The van der Waals surface area contributed by atoms with Crippen LogP contribution in [0.1, 0.15) is 50.6 Å². The van der Waals surface area contributed by atoms with Crippen LogP contribution in [0.4, 0.5) is 5.69 Å². The van der Waals surface area contributed by atoms with Gasteiger partial charge < -0.3 is 20.1 Å². The van der Waals surface area contributed by atoms with Crippen molar-refractivity contribution >= 4 is 17.6 Å². The lowest BCUT2D eigenvalue weighted by atomic mass is 9.83. The van der Waals surface area contributed by atoms with E-state index in [-0.39, 0.29) is 18.4 Å². The standard InChI is InChI=1S/C25H32N2O4/c1-3-31-25(29)23(19-12-8-5-9-13-19)27-24(28)22(18-10-6-4-7-11-18)26-20-14-16-21(30-2)17-15-20/h5,8-9,12-18,22-23,26H,3-4,6-7,10-11H2,1-2H3,(H,27,28)/t22?,23-/m0/s1. The van der Waals surface area contributed by atoms with E-state index in [0.717, 1.165) is 37.1 Å². The third-order valence-electron chi connectivity index (χ3n) is 5.76. The molecule has 6 nitrogen and oxygen atoms in total. The lowest BCUT2D eigenvalue weighted by Crippen LogP contribution is -2.48. The first-order valence-electron chi connectivity index (χ1n) is 11.0. The van der Waals surface area contributed by atoms with Crippen LogP contribution in [0, 0.1) is 5.92 Å². The van der Waals surface area contributed by atoms with Crippen LogP contribution in [0.25, 0.3) is 0 Å². The predicted octanol–water partition coefficient (Wildman–Crippen LogP) is 4.48. The van der Waals surface area contributed by atoms with Crippen LogP contribution in [0.5, 0.6) is 5.75 Å². The first kappa shape index (κ1) is 22.7. The first-order valence-corrected chi connectivity index (χ1v) is 11.0. The molecule has 0 bridgehead atoms. The molecule has 1 aliphatic carbocycles. The maximum Gasteiger partial charge on any atom is 0.333 e. The summed E-state index contributed by atoms with van der Waals surface area (Å²) in [5.74, 6) is 0.323. The topological polar surface area (TPSA) is 76.7 Å². The van der Waals surface area contributed by atoms with E-state index in [1.54, 1.807) is 14.0 Å². The number of hydrogen-bond acceptors (Lipinski definition) is 5. The van der Waals surface area contributed by atoms with Crippen LogP contribution in [0.3, 0.4) is 0 Å². The second kappa shape index (κ2) is 11.4. The number of rotatable bonds is 9. The molecule has 1 fully saturated rings. The molecule has 1 unspecified atom stereocenters. The summed E-state index contributed by atoms with van der Waals surface area (Å²) in [7, 11) is 1.62. The summed E-state index contributed by atoms with van der Waals surface area (Å²) in [6, 6.07) is 15.5. The van der Waals surface area contributed by atoms with Gasteiger partial charge in [0.05, 0.1) is 13.7 Å². The quantitative estimate of drug-likeness (QED) is 0.581. The molecule has 3 rings (SSSR count). The smallest absolute Gasteiger partial charge is 0.333 e. The molecule has 6 heteroatoms. The largest absolute Gasteiger partial charge is 0.497 e. The van der Waals surface area contributed by atoms with E-state index < -0.39 is 18.1 Å². The molecule has 31 heavy (non-hydrogen) atoms. The summed E-state index contributed by atoms with van der Waals surface area (Å²) in [6.07, 6.45) is 5.38. The van der Waals surface area contributed by atoms with Crippen molar-refractivity contribution in [1.29, 1.82) is 0 Å². The normalized spacial score (nSPS) is 16.1. The van der Waals surface area contributed by atoms with Crippen molar-refractivity contribution in [2.24, 2.45) is 5.92 Å². The molecule has 2 N–H and O–H groups in total. The third kappa shape index (κ3) is 6.23. The minimum Gasteiger partial charge on any atom is -0.497 e. The van der Waals surface area contributed by atoms with Gasteiger partial charge in [0.1, 0.15) is 11.8 Å². The van der Waals surface area contributed by atoms with Crippen molar-refractivity contribution in [3.8, 4) is 5.75 Å². The zero-order valence-electron chi connectivity index (χ0n) is 18.3. The first-order chi connectivity index (χ1) is 15.1. The predicted molar refractivity (Wildman–Crippen MR) is 121 cm³/mol. The molecule has 2 aromatic rings.